The number of rotatable bonds is 5. The van der Waals surface area contributed by atoms with Crippen LogP contribution in [0, 0.1) is 6.92 Å². The zero-order chi connectivity index (χ0) is 15.2. The Kier molecular flexibility index (Phi) is 5.76. The van der Waals surface area contributed by atoms with Gasteiger partial charge in [-0.15, -0.1) is 0 Å². The molecule has 1 N–H and O–H groups in total. The summed E-state index contributed by atoms with van der Waals surface area (Å²) >= 11 is 0. The van der Waals surface area contributed by atoms with Gasteiger partial charge in [-0.2, -0.15) is 0 Å². The Bertz CT molecular complexity index is 452. The molecule has 2 rings (SSSR count). The molecule has 116 valence electrons. The molecule has 0 spiro atoms. The molecule has 0 bridgehead atoms. The van der Waals surface area contributed by atoms with Gasteiger partial charge in [0.05, 0.1) is 6.54 Å². The highest BCUT2D eigenvalue weighted by Gasteiger charge is 2.21. The Morgan fingerprint density at radius 1 is 1.19 bits per heavy atom. The number of benzene rings is 1. The molecular formula is C17H27N3O. The van der Waals surface area contributed by atoms with E-state index in [1.54, 1.807) is 0 Å². The number of piperidine rings is 1. The first-order chi connectivity index (χ1) is 10.1. The zero-order valence-corrected chi connectivity index (χ0v) is 13.4. The fraction of sp³-hybridized carbons (Fsp3) is 0.588. The molecule has 1 aliphatic heterocycles. The Balaban J connectivity index is 1.82. The number of carbonyl (C=O) groups is 1. The summed E-state index contributed by atoms with van der Waals surface area (Å²) in [5.74, 6) is 0.191. The highest BCUT2D eigenvalue weighted by Crippen LogP contribution is 2.11. The van der Waals surface area contributed by atoms with Gasteiger partial charge in [-0.3, -0.25) is 9.69 Å². The number of nitrogens with zero attached hydrogens (tertiary/aromatic N) is 2. The second kappa shape index (κ2) is 7.57. The van der Waals surface area contributed by atoms with E-state index in [2.05, 4.69) is 48.5 Å². The van der Waals surface area contributed by atoms with Crippen molar-refractivity contribution in [2.24, 2.45) is 0 Å². The molecule has 0 unspecified atom stereocenters. The number of hydrogen-bond donors (Lipinski definition) is 1. The van der Waals surface area contributed by atoms with Crippen molar-refractivity contribution in [2.45, 2.75) is 32.4 Å². The average molecular weight is 289 g/mol. The minimum atomic E-state index is 0.191. The SMILES string of the molecule is Cc1ccc(CN(C)C(=O)CN(C)C2CCNCC2)cc1. The monoisotopic (exact) mass is 289 g/mol. The zero-order valence-electron chi connectivity index (χ0n) is 13.4. The highest BCUT2D eigenvalue weighted by atomic mass is 16.2. The van der Waals surface area contributed by atoms with E-state index in [1.807, 2.05) is 11.9 Å². The number of hydrogen-bond acceptors (Lipinski definition) is 3. The van der Waals surface area contributed by atoms with Crippen molar-refractivity contribution in [3.05, 3.63) is 35.4 Å². The van der Waals surface area contributed by atoms with E-state index in [0.717, 1.165) is 25.9 Å². The van der Waals surface area contributed by atoms with Crippen molar-refractivity contribution in [1.29, 1.82) is 0 Å². The summed E-state index contributed by atoms with van der Waals surface area (Å²) < 4.78 is 0. The maximum Gasteiger partial charge on any atom is 0.236 e. The van der Waals surface area contributed by atoms with Gasteiger partial charge >= 0.3 is 0 Å². The van der Waals surface area contributed by atoms with E-state index in [4.69, 9.17) is 0 Å². The van der Waals surface area contributed by atoms with Gasteiger partial charge in [0.25, 0.3) is 0 Å². The molecule has 21 heavy (non-hydrogen) atoms. The largest absolute Gasteiger partial charge is 0.340 e. The summed E-state index contributed by atoms with van der Waals surface area (Å²) in [6.07, 6.45) is 2.26. The molecule has 4 heteroatoms. The van der Waals surface area contributed by atoms with Crippen LogP contribution < -0.4 is 5.32 Å². The van der Waals surface area contributed by atoms with Crippen molar-refractivity contribution in [3.8, 4) is 0 Å². The molecule has 0 aliphatic carbocycles. The van der Waals surface area contributed by atoms with Crippen LogP contribution in [-0.4, -0.2) is 55.5 Å². The van der Waals surface area contributed by atoms with Crippen molar-refractivity contribution >= 4 is 5.91 Å². The molecule has 0 radical (unpaired) electrons. The third-order valence-corrected chi connectivity index (χ3v) is 4.28. The molecule has 1 saturated heterocycles. The molecule has 1 aliphatic rings. The summed E-state index contributed by atoms with van der Waals surface area (Å²) in [6.45, 7) is 5.38. The Hall–Kier alpha value is -1.39. The first kappa shape index (κ1) is 16.0. The Morgan fingerprint density at radius 2 is 1.81 bits per heavy atom. The van der Waals surface area contributed by atoms with Crippen molar-refractivity contribution < 1.29 is 4.79 Å². The lowest BCUT2D eigenvalue weighted by Gasteiger charge is -2.32. The summed E-state index contributed by atoms with van der Waals surface area (Å²) in [6, 6.07) is 8.90. The second-order valence-electron chi connectivity index (χ2n) is 6.13. The number of likely N-dealkylation sites (N-methyl/N-ethyl adjacent to an activating group) is 2. The first-order valence-corrected chi connectivity index (χ1v) is 7.76. The molecule has 0 aromatic heterocycles. The number of aryl methyl sites for hydroxylation is 1. The van der Waals surface area contributed by atoms with Crippen LogP contribution in [-0.2, 0) is 11.3 Å². The standard InChI is InChI=1S/C17H27N3O/c1-14-4-6-15(7-5-14)12-20(3)17(21)13-19(2)16-8-10-18-11-9-16/h4-7,16,18H,8-13H2,1-3H3. The van der Waals surface area contributed by atoms with Crippen molar-refractivity contribution in [1.82, 2.24) is 15.1 Å². The van der Waals surface area contributed by atoms with E-state index in [1.165, 1.54) is 11.1 Å². The normalized spacial score (nSPS) is 16.2. The molecule has 0 atom stereocenters. The topological polar surface area (TPSA) is 35.6 Å². The lowest BCUT2D eigenvalue weighted by Crippen LogP contribution is -2.45. The van der Waals surface area contributed by atoms with Gasteiger partial charge in [-0.05, 0) is 45.5 Å². The van der Waals surface area contributed by atoms with Crippen LogP contribution in [0.2, 0.25) is 0 Å². The van der Waals surface area contributed by atoms with Crippen LogP contribution in [0.25, 0.3) is 0 Å². The van der Waals surface area contributed by atoms with Crippen LogP contribution >= 0.6 is 0 Å². The van der Waals surface area contributed by atoms with Crippen LogP contribution in [0.15, 0.2) is 24.3 Å². The fourth-order valence-corrected chi connectivity index (χ4v) is 2.77. The third kappa shape index (κ3) is 4.83. The smallest absolute Gasteiger partial charge is 0.236 e. The predicted molar refractivity (Wildman–Crippen MR) is 86.2 cm³/mol. The minimum absolute atomic E-state index is 0.191. The van der Waals surface area contributed by atoms with Crippen molar-refractivity contribution in [2.75, 3.05) is 33.7 Å². The average Bonchev–Trinajstić information content (AvgIpc) is 2.50. The molecule has 1 heterocycles. The van der Waals surface area contributed by atoms with Crippen LogP contribution in [0.3, 0.4) is 0 Å². The van der Waals surface area contributed by atoms with Crippen LogP contribution in [0.5, 0.6) is 0 Å². The third-order valence-electron chi connectivity index (χ3n) is 4.28. The number of carbonyl (C=O) groups excluding carboxylic acids is 1. The number of nitrogens with one attached hydrogen (secondary N) is 1. The first-order valence-electron chi connectivity index (χ1n) is 7.76. The van der Waals surface area contributed by atoms with E-state index < -0.39 is 0 Å². The minimum Gasteiger partial charge on any atom is -0.340 e. The summed E-state index contributed by atoms with van der Waals surface area (Å²) in [4.78, 5) is 16.4. The quantitative estimate of drug-likeness (QED) is 0.895. The van der Waals surface area contributed by atoms with Crippen molar-refractivity contribution in [3.63, 3.8) is 0 Å². The maximum absolute atomic E-state index is 12.3. The molecular weight excluding hydrogens is 262 g/mol. The molecule has 1 fully saturated rings. The molecule has 1 amide bonds. The molecule has 4 nitrogen and oxygen atoms in total. The van der Waals surface area contributed by atoms with Crippen LogP contribution in [0.4, 0.5) is 0 Å². The molecule has 1 aromatic rings. The van der Waals surface area contributed by atoms with E-state index >= 15 is 0 Å². The summed E-state index contributed by atoms with van der Waals surface area (Å²) in [5, 5.41) is 3.36. The van der Waals surface area contributed by atoms with Gasteiger partial charge in [0.2, 0.25) is 5.91 Å². The molecule has 0 saturated carbocycles. The summed E-state index contributed by atoms with van der Waals surface area (Å²) in [5.41, 5.74) is 2.43. The van der Waals surface area contributed by atoms with E-state index in [-0.39, 0.29) is 5.91 Å². The lowest BCUT2D eigenvalue weighted by molar-refractivity contribution is -0.132. The maximum atomic E-state index is 12.3. The van der Waals surface area contributed by atoms with Crippen LogP contribution in [0.1, 0.15) is 24.0 Å². The Morgan fingerprint density at radius 3 is 2.43 bits per heavy atom. The van der Waals surface area contributed by atoms with Gasteiger partial charge in [0.1, 0.15) is 0 Å². The molecule has 1 aromatic carbocycles. The fourth-order valence-electron chi connectivity index (χ4n) is 2.77. The van der Waals surface area contributed by atoms with Gasteiger partial charge in [0, 0.05) is 19.6 Å². The predicted octanol–water partition coefficient (Wildman–Crippen LogP) is 1.64. The summed E-state index contributed by atoms with van der Waals surface area (Å²) in [7, 11) is 3.95. The van der Waals surface area contributed by atoms with E-state index in [9.17, 15) is 4.79 Å². The van der Waals surface area contributed by atoms with E-state index in [0.29, 0.717) is 19.1 Å². The van der Waals surface area contributed by atoms with Gasteiger partial charge in [-0.1, -0.05) is 29.8 Å². The lowest BCUT2D eigenvalue weighted by atomic mass is 10.1. The number of amides is 1. The van der Waals surface area contributed by atoms with Gasteiger partial charge in [0.15, 0.2) is 0 Å². The highest BCUT2D eigenvalue weighted by molar-refractivity contribution is 5.78. The van der Waals surface area contributed by atoms with Gasteiger partial charge < -0.3 is 10.2 Å². The van der Waals surface area contributed by atoms with Gasteiger partial charge in [-0.25, -0.2) is 0 Å². The Labute approximate surface area is 128 Å². The second-order valence-corrected chi connectivity index (χ2v) is 6.13.